The fraction of sp³-hybridized carbons (Fsp3) is 1.00. The Bertz CT molecular complexity index is 93.6. The molecule has 0 amide bonds. The minimum atomic E-state index is -0.205. The summed E-state index contributed by atoms with van der Waals surface area (Å²) in [6.07, 6.45) is 1.51. The Kier molecular flexibility index (Phi) is 5.51. The molecule has 2 N–H and O–H groups in total. The van der Waals surface area contributed by atoms with Gasteiger partial charge >= 0.3 is 0 Å². The maximum atomic E-state index is 9.39. The van der Waals surface area contributed by atoms with Crippen molar-refractivity contribution in [1.82, 2.24) is 0 Å². The molecule has 0 saturated heterocycles. The highest BCUT2D eigenvalue weighted by Crippen LogP contribution is 2.16. The zero-order valence-electron chi connectivity index (χ0n) is 7.75. The second kappa shape index (κ2) is 5.56. The van der Waals surface area contributed by atoms with E-state index in [1.54, 1.807) is 0 Å². The molecule has 0 radical (unpaired) electrons. The molecule has 68 valence electrons. The molecule has 0 aromatic heterocycles. The lowest BCUT2D eigenvalue weighted by atomic mass is 9.92. The summed E-state index contributed by atoms with van der Waals surface area (Å²) in [5.74, 6) is 0.619. The van der Waals surface area contributed by atoms with Gasteiger partial charge in [-0.15, -0.1) is 0 Å². The lowest BCUT2D eigenvalue weighted by molar-refractivity contribution is 0.0907. The maximum absolute atomic E-state index is 9.39. The van der Waals surface area contributed by atoms with Gasteiger partial charge in [-0.1, -0.05) is 20.8 Å². The molecule has 0 bridgehead atoms. The highest BCUT2D eigenvalue weighted by Gasteiger charge is 2.14. The first-order valence-electron chi connectivity index (χ1n) is 4.40. The molecule has 0 aliphatic heterocycles. The zero-order chi connectivity index (χ0) is 8.85. The van der Waals surface area contributed by atoms with Gasteiger partial charge in [0.05, 0.1) is 6.10 Å². The van der Waals surface area contributed by atoms with Crippen molar-refractivity contribution < 1.29 is 10.2 Å². The number of aliphatic hydroxyl groups is 2. The predicted octanol–water partition coefficient (Wildman–Crippen LogP) is 1.41. The highest BCUT2D eigenvalue weighted by molar-refractivity contribution is 4.65. The van der Waals surface area contributed by atoms with E-state index in [0.717, 1.165) is 12.8 Å². The standard InChI is InChI=1S/C9H20O2/c1-4-9(11)8(3)5-7(2)6-10/h7-11H,4-6H2,1-3H3/t7-,8+,9+/m1/s1. The molecule has 2 nitrogen and oxygen atoms in total. The highest BCUT2D eigenvalue weighted by atomic mass is 16.3. The van der Waals surface area contributed by atoms with Crippen LogP contribution in [0.25, 0.3) is 0 Å². The predicted molar refractivity (Wildman–Crippen MR) is 46.3 cm³/mol. The normalized spacial score (nSPS) is 19.4. The van der Waals surface area contributed by atoms with Gasteiger partial charge in [-0.25, -0.2) is 0 Å². The van der Waals surface area contributed by atoms with E-state index in [1.165, 1.54) is 0 Å². The summed E-state index contributed by atoms with van der Waals surface area (Å²) >= 11 is 0. The third-order valence-electron chi connectivity index (χ3n) is 2.16. The first kappa shape index (κ1) is 10.9. The molecule has 0 saturated carbocycles. The molecule has 11 heavy (non-hydrogen) atoms. The molecule has 0 heterocycles. The zero-order valence-corrected chi connectivity index (χ0v) is 7.75. The van der Waals surface area contributed by atoms with Gasteiger partial charge in [0, 0.05) is 6.61 Å². The van der Waals surface area contributed by atoms with Crippen molar-refractivity contribution in [1.29, 1.82) is 0 Å². The van der Waals surface area contributed by atoms with Crippen molar-refractivity contribution in [2.75, 3.05) is 6.61 Å². The van der Waals surface area contributed by atoms with Gasteiger partial charge in [-0.2, -0.15) is 0 Å². The molecule has 0 unspecified atom stereocenters. The molecule has 0 fully saturated rings. The average molecular weight is 160 g/mol. The van der Waals surface area contributed by atoms with E-state index in [2.05, 4.69) is 0 Å². The molecule has 0 aliphatic carbocycles. The van der Waals surface area contributed by atoms with Crippen LogP contribution in [-0.2, 0) is 0 Å². The van der Waals surface area contributed by atoms with Crippen LogP contribution in [0.1, 0.15) is 33.6 Å². The lowest BCUT2D eigenvalue weighted by Crippen LogP contribution is -2.19. The van der Waals surface area contributed by atoms with Gasteiger partial charge < -0.3 is 10.2 Å². The van der Waals surface area contributed by atoms with Crippen molar-refractivity contribution in [2.45, 2.75) is 39.7 Å². The minimum Gasteiger partial charge on any atom is -0.396 e. The maximum Gasteiger partial charge on any atom is 0.0563 e. The largest absolute Gasteiger partial charge is 0.396 e. The van der Waals surface area contributed by atoms with Crippen LogP contribution in [-0.4, -0.2) is 22.9 Å². The number of aliphatic hydroxyl groups excluding tert-OH is 2. The molecule has 0 aliphatic rings. The van der Waals surface area contributed by atoms with Crippen LogP contribution in [0, 0.1) is 11.8 Å². The summed E-state index contributed by atoms with van der Waals surface area (Å²) in [7, 11) is 0. The van der Waals surface area contributed by atoms with Crippen molar-refractivity contribution in [3.8, 4) is 0 Å². The number of hydrogen-bond donors (Lipinski definition) is 2. The summed E-state index contributed by atoms with van der Waals surface area (Å²) in [6.45, 7) is 6.23. The molecular formula is C9H20O2. The SMILES string of the molecule is CC[C@H](O)[C@@H](C)C[C@@H](C)CO. The minimum absolute atomic E-state index is 0.205. The Hall–Kier alpha value is -0.0800. The Morgan fingerprint density at radius 2 is 1.82 bits per heavy atom. The summed E-state index contributed by atoms with van der Waals surface area (Å²) < 4.78 is 0. The van der Waals surface area contributed by atoms with Crippen molar-refractivity contribution >= 4 is 0 Å². The summed E-state index contributed by atoms with van der Waals surface area (Å²) in [5.41, 5.74) is 0. The van der Waals surface area contributed by atoms with E-state index >= 15 is 0 Å². The monoisotopic (exact) mass is 160 g/mol. The Morgan fingerprint density at radius 1 is 1.27 bits per heavy atom. The van der Waals surface area contributed by atoms with E-state index < -0.39 is 0 Å². The smallest absolute Gasteiger partial charge is 0.0563 e. The van der Waals surface area contributed by atoms with Gasteiger partial charge in [-0.3, -0.25) is 0 Å². The van der Waals surface area contributed by atoms with Crippen molar-refractivity contribution in [2.24, 2.45) is 11.8 Å². The lowest BCUT2D eigenvalue weighted by Gasteiger charge is -2.19. The Morgan fingerprint density at radius 3 is 2.18 bits per heavy atom. The summed E-state index contributed by atoms with van der Waals surface area (Å²) in [4.78, 5) is 0. The van der Waals surface area contributed by atoms with Gasteiger partial charge in [0.1, 0.15) is 0 Å². The Labute approximate surface area is 69.2 Å². The topological polar surface area (TPSA) is 40.5 Å². The Balaban J connectivity index is 3.58. The first-order chi connectivity index (χ1) is 5.11. The number of rotatable bonds is 5. The quantitative estimate of drug-likeness (QED) is 0.638. The molecule has 0 rings (SSSR count). The second-order valence-corrected chi connectivity index (χ2v) is 3.48. The molecule has 2 heteroatoms. The van der Waals surface area contributed by atoms with E-state index in [4.69, 9.17) is 5.11 Å². The third-order valence-corrected chi connectivity index (χ3v) is 2.16. The second-order valence-electron chi connectivity index (χ2n) is 3.48. The van der Waals surface area contributed by atoms with Crippen LogP contribution in [0.5, 0.6) is 0 Å². The third kappa shape index (κ3) is 4.38. The van der Waals surface area contributed by atoms with E-state index in [1.807, 2.05) is 20.8 Å². The van der Waals surface area contributed by atoms with Crippen LogP contribution in [0.4, 0.5) is 0 Å². The molecule has 0 spiro atoms. The van der Waals surface area contributed by atoms with Crippen LogP contribution in [0.2, 0.25) is 0 Å². The first-order valence-corrected chi connectivity index (χ1v) is 4.40. The van der Waals surface area contributed by atoms with E-state index in [-0.39, 0.29) is 12.7 Å². The van der Waals surface area contributed by atoms with Crippen LogP contribution in [0.15, 0.2) is 0 Å². The fourth-order valence-corrected chi connectivity index (χ4v) is 1.27. The molecule has 3 atom stereocenters. The van der Waals surface area contributed by atoms with Crippen LogP contribution in [0.3, 0.4) is 0 Å². The van der Waals surface area contributed by atoms with E-state index in [9.17, 15) is 5.11 Å². The van der Waals surface area contributed by atoms with Crippen LogP contribution >= 0.6 is 0 Å². The average Bonchev–Trinajstić information content (AvgIpc) is 2.02. The molecule has 0 aromatic carbocycles. The van der Waals surface area contributed by atoms with Crippen molar-refractivity contribution in [3.63, 3.8) is 0 Å². The van der Waals surface area contributed by atoms with Gasteiger partial charge in [0.25, 0.3) is 0 Å². The van der Waals surface area contributed by atoms with Gasteiger partial charge in [-0.05, 0) is 24.7 Å². The van der Waals surface area contributed by atoms with Crippen molar-refractivity contribution in [3.05, 3.63) is 0 Å². The van der Waals surface area contributed by atoms with Gasteiger partial charge in [0.15, 0.2) is 0 Å². The van der Waals surface area contributed by atoms with Crippen LogP contribution < -0.4 is 0 Å². The number of hydrogen-bond acceptors (Lipinski definition) is 2. The molecule has 0 aromatic rings. The molecular weight excluding hydrogens is 140 g/mol. The summed E-state index contributed by atoms with van der Waals surface area (Å²) in [5, 5.41) is 18.1. The fourth-order valence-electron chi connectivity index (χ4n) is 1.27. The van der Waals surface area contributed by atoms with E-state index in [0.29, 0.717) is 11.8 Å². The van der Waals surface area contributed by atoms with Gasteiger partial charge in [0.2, 0.25) is 0 Å². The summed E-state index contributed by atoms with van der Waals surface area (Å²) in [6, 6.07) is 0.